The third kappa shape index (κ3) is 17.6. The fourth-order valence-corrected chi connectivity index (χ4v) is 6.95. The smallest absolute Gasteiger partial charge is 0.410 e. The summed E-state index contributed by atoms with van der Waals surface area (Å²) in [7, 11) is -3.23. The summed E-state index contributed by atoms with van der Waals surface area (Å²) >= 11 is 0. The van der Waals surface area contributed by atoms with Gasteiger partial charge in [-0.05, 0) is 123 Å². The van der Waals surface area contributed by atoms with E-state index in [0.29, 0.717) is 45.9 Å². The molecule has 5 rings (SSSR count). The third-order valence-electron chi connectivity index (χ3n) is 9.13. The zero-order valence-corrected chi connectivity index (χ0v) is 38.0. The number of benzene rings is 1. The van der Waals surface area contributed by atoms with Crippen LogP contribution >= 0.6 is 0 Å². The number of piperidine rings is 2. The molecular formula is C45H66N2O12S. The van der Waals surface area contributed by atoms with Crippen LogP contribution in [0.1, 0.15) is 111 Å². The second-order valence-corrected chi connectivity index (χ2v) is 20.2. The molecule has 4 atom stereocenters. The van der Waals surface area contributed by atoms with Crippen LogP contribution in [0.25, 0.3) is 0 Å². The van der Waals surface area contributed by atoms with Gasteiger partial charge in [-0.25, -0.2) is 18.0 Å². The van der Waals surface area contributed by atoms with Gasteiger partial charge in [-0.1, -0.05) is 24.3 Å². The van der Waals surface area contributed by atoms with Crippen LogP contribution < -0.4 is 0 Å². The Kier molecular flexibility index (Phi) is 18.1. The van der Waals surface area contributed by atoms with Crippen LogP contribution in [0.4, 0.5) is 9.59 Å². The van der Waals surface area contributed by atoms with Crippen molar-refractivity contribution in [3.05, 3.63) is 90.3 Å². The molecule has 60 heavy (non-hydrogen) atoms. The molecule has 0 N–H and O–H groups in total. The number of hydrogen-bond acceptors (Lipinski definition) is 12. The van der Waals surface area contributed by atoms with E-state index in [2.05, 4.69) is 11.3 Å². The molecule has 334 valence electrons. The molecule has 2 saturated heterocycles. The summed E-state index contributed by atoms with van der Waals surface area (Å²) in [4.78, 5) is 38.1. The molecule has 0 aliphatic carbocycles. The van der Waals surface area contributed by atoms with Crippen molar-refractivity contribution < 1.29 is 55.3 Å². The number of carbonyl (C=O) groups is 3. The SMILES string of the molecule is C=C(C)COC1CN(C(=O)OC(C)(C)C)CCC1c1ccoc1.CC(C)(C)OC(=O)N1CCC(c2ccoc2)C(OCc2ccc(S(C)(=O)=O)cc2)C1.CC(C)(C)OC=O. The molecule has 2 aliphatic rings. The van der Waals surface area contributed by atoms with Gasteiger partial charge in [-0.3, -0.25) is 4.79 Å². The summed E-state index contributed by atoms with van der Waals surface area (Å²) in [6.45, 7) is 25.8. The maximum atomic E-state index is 12.5. The van der Waals surface area contributed by atoms with Crippen molar-refractivity contribution >= 4 is 28.5 Å². The molecule has 2 aliphatic heterocycles. The minimum atomic E-state index is -3.23. The Morgan fingerprint density at radius 1 is 0.750 bits per heavy atom. The summed E-state index contributed by atoms with van der Waals surface area (Å²) < 4.78 is 61.5. The third-order valence-corrected chi connectivity index (χ3v) is 10.3. The van der Waals surface area contributed by atoms with Gasteiger partial charge in [-0.2, -0.15) is 0 Å². The number of hydrogen-bond donors (Lipinski definition) is 0. The Hall–Kier alpha value is -4.60. The fourth-order valence-electron chi connectivity index (χ4n) is 6.32. The first-order chi connectivity index (χ1) is 27.8. The van der Waals surface area contributed by atoms with Crippen LogP contribution in [0.5, 0.6) is 0 Å². The standard InChI is InChI=1S/C22H29NO6S.C18H27NO4.C5H10O2/c1-22(2,3)29-21(24)23-11-9-19(17-10-12-27-15-17)20(13-23)28-14-16-5-7-18(8-6-16)30(4,25)26;1-13(2)11-22-16-10-19(17(20)23-18(3,4)5)8-6-15(16)14-7-9-21-12-14;1-5(2,3)7-4-6/h5-8,10,12,15,19-20H,9,11,13-14H2,1-4H3;7,9,12,15-16H,1,6,8,10-11H2,2-5H3;4H,1-3H3. The Balaban J connectivity index is 0.000000283. The summed E-state index contributed by atoms with van der Waals surface area (Å²) in [5.74, 6) is 0.310. The molecule has 0 saturated carbocycles. The minimum absolute atomic E-state index is 0.0921. The average Bonchev–Trinajstić information content (AvgIpc) is 3.87. The number of carbonyl (C=O) groups excluding carboxylic acids is 3. The number of furan rings is 2. The first-order valence-corrected chi connectivity index (χ1v) is 22.0. The van der Waals surface area contributed by atoms with Crippen molar-refractivity contribution in [1.29, 1.82) is 0 Å². The van der Waals surface area contributed by atoms with Gasteiger partial charge >= 0.3 is 12.2 Å². The van der Waals surface area contributed by atoms with Crippen LogP contribution in [0.15, 0.2) is 87.3 Å². The van der Waals surface area contributed by atoms with E-state index < -0.39 is 21.0 Å². The Morgan fingerprint density at radius 2 is 1.20 bits per heavy atom. The van der Waals surface area contributed by atoms with Crippen LogP contribution in [0, 0.1) is 0 Å². The summed E-state index contributed by atoms with van der Waals surface area (Å²) in [6, 6.07) is 10.5. The lowest BCUT2D eigenvalue weighted by Gasteiger charge is -2.38. The average molecular weight is 859 g/mol. The first-order valence-electron chi connectivity index (χ1n) is 20.1. The van der Waals surface area contributed by atoms with E-state index in [1.54, 1.807) is 59.1 Å². The molecule has 14 nitrogen and oxygen atoms in total. The lowest BCUT2D eigenvalue weighted by atomic mass is 9.88. The monoisotopic (exact) mass is 858 g/mol. The van der Waals surface area contributed by atoms with E-state index in [-0.39, 0.29) is 46.7 Å². The zero-order valence-electron chi connectivity index (χ0n) is 37.2. The van der Waals surface area contributed by atoms with E-state index >= 15 is 0 Å². The van der Waals surface area contributed by atoms with Gasteiger partial charge in [0.1, 0.15) is 16.8 Å². The number of likely N-dealkylation sites (tertiary alicyclic amines) is 2. The highest BCUT2D eigenvalue weighted by molar-refractivity contribution is 7.90. The van der Waals surface area contributed by atoms with Gasteiger partial charge < -0.3 is 42.3 Å². The largest absolute Gasteiger partial charge is 0.472 e. The Morgan fingerprint density at radius 3 is 1.53 bits per heavy atom. The normalized spacial score (nSPS) is 19.8. The highest BCUT2D eigenvalue weighted by Gasteiger charge is 2.37. The molecule has 4 heterocycles. The van der Waals surface area contributed by atoms with Crippen LogP contribution in [-0.4, -0.2) is 105 Å². The van der Waals surface area contributed by atoms with Crippen LogP contribution in [0.2, 0.25) is 0 Å². The van der Waals surface area contributed by atoms with Crippen molar-refractivity contribution in [3.63, 3.8) is 0 Å². The van der Waals surface area contributed by atoms with E-state index in [1.165, 1.54) is 6.26 Å². The van der Waals surface area contributed by atoms with Crippen molar-refractivity contribution in [2.75, 3.05) is 39.0 Å². The van der Waals surface area contributed by atoms with Crippen LogP contribution in [-0.2, 0) is 44.9 Å². The minimum Gasteiger partial charge on any atom is -0.472 e. The van der Waals surface area contributed by atoms with E-state index in [4.69, 9.17) is 27.8 Å². The highest BCUT2D eigenvalue weighted by Crippen LogP contribution is 2.33. The molecule has 4 unspecified atom stereocenters. The summed E-state index contributed by atoms with van der Waals surface area (Å²) in [5, 5.41) is 0. The number of ether oxygens (including phenoxy) is 5. The van der Waals surface area contributed by atoms with Crippen molar-refractivity contribution in [2.24, 2.45) is 0 Å². The van der Waals surface area contributed by atoms with Gasteiger partial charge in [0.15, 0.2) is 9.84 Å². The molecule has 3 aromatic rings. The maximum Gasteiger partial charge on any atom is 0.410 e. The molecule has 0 radical (unpaired) electrons. The lowest BCUT2D eigenvalue weighted by Crippen LogP contribution is -2.48. The van der Waals surface area contributed by atoms with Crippen molar-refractivity contribution in [1.82, 2.24) is 9.80 Å². The van der Waals surface area contributed by atoms with Gasteiger partial charge in [0.05, 0.1) is 68.5 Å². The molecule has 0 bridgehead atoms. The quantitative estimate of drug-likeness (QED) is 0.108. The maximum absolute atomic E-state index is 12.5. The van der Waals surface area contributed by atoms with Crippen molar-refractivity contribution in [3.8, 4) is 0 Å². The van der Waals surface area contributed by atoms with E-state index in [9.17, 15) is 22.8 Å². The molecular weight excluding hydrogens is 793 g/mol. The lowest BCUT2D eigenvalue weighted by molar-refractivity contribution is -0.138. The summed E-state index contributed by atoms with van der Waals surface area (Å²) in [6.07, 6.45) is 8.55. The molecule has 0 spiro atoms. The highest BCUT2D eigenvalue weighted by atomic mass is 32.2. The molecule has 2 fully saturated rings. The number of nitrogens with zero attached hydrogens (tertiary/aromatic N) is 2. The Bertz CT molecular complexity index is 1890. The van der Waals surface area contributed by atoms with Gasteiger partial charge in [-0.15, -0.1) is 0 Å². The van der Waals surface area contributed by atoms with Crippen molar-refractivity contribution in [2.45, 2.75) is 134 Å². The Labute approximate surface area is 356 Å². The number of sulfone groups is 1. The fraction of sp³-hybridized carbons (Fsp3) is 0.578. The second-order valence-electron chi connectivity index (χ2n) is 18.2. The number of amides is 2. The zero-order chi connectivity index (χ0) is 44.9. The second kappa shape index (κ2) is 21.8. The molecule has 2 amide bonds. The van der Waals surface area contributed by atoms with Crippen LogP contribution in [0.3, 0.4) is 0 Å². The van der Waals surface area contributed by atoms with Gasteiger partial charge in [0, 0.05) is 31.2 Å². The predicted molar refractivity (Wildman–Crippen MR) is 227 cm³/mol. The van der Waals surface area contributed by atoms with Gasteiger partial charge in [0.2, 0.25) is 0 Å². The number of rotatable bonds is 10. The van der Waals surface area contributed by atoms with E-state index in [1.807, 2.05) is 81.4 Å². The first kappa shape index (κ1) is 49.8. The molecule has 1 aromatic carbocycles. The predicted octanol–water partition coefficient (Wildman–Crippen LogP) is 8.92. The topological polar surface area (TPSA) is 164 Å². The summed E-state index contributed by atoms with van der Waals surface area (Å²) in [5.41, 5.74) is 2.61. The van der Waals surface area contributed by atoms with E-state index in [0.717, 1.165) is 35.1 Å². The molecule has 2 aromatic heterocycles. The van der Waals surface area contributed by atoms with Gasteiger partial charge in [0.25, 0.3) is 6.47 Å². The molecule has 15 heteroatoms.